The fourth-order valence-electron chi connectivity index (χ4n) is 2.85. The maximum Gasteiger partial charge on any atom is 0.227 e. The summed E-state index contributed by atoms with van der Waals surface area (Å²) in [5.41, 5.74) is 3.39. The van der Waals surface area contributed by atoms with E-state index in [4.69, 9.17) is 4.74 Å². The predicted molar refractivity (Wildman–Crippen MR) is 88.4 cm³/mol. The summed E-state index contributed by atoms with van der Waals surface area (Å²) in [5, 5.41) is 0. The molecule has 0 bridgehead atoms. The SMILES string of the molecule is Cc1ccccc1CCC(=O)N1CCCOc2ccccc21. The van der Waals surface area contributed by atoms with Gasteiger partial charge in [0.1, 0.15) is 5.75 Å². The van der Waals surface area contributed by atoms with Crippen molar-refractivity contribution in [2.75, 3.05) is 18.1 Å². The quantitative estimate of drug-likeness (QED) is 0.863. The summed E-state index contributed by atoms with van der Waals surface area (Å²) in [6, 6.07) is 16.0. The van der Waals surface area contributed by atoms with Gasteiger partial charge in [-0.05, 0) is 43.0 Å². The first-order chi connectivity index (χ1) is 10.8. The molecule has 3 nitrogen and oxygen atoms in total. The predicted octanol–water partition coefficient (Wildman–Crippen LogP) is 3.74. The first-order valence-corrected chi connectivity index (χ1v) is 7.82. The van der Waals surface area contributed by atoms with E-state index in [1.807, 2.05) is 41.3 Å². The molecule has 1 amide bonds. The summed E-state index contributed by atoms with van der Waals surface area (Å²) in [5.74, 6) is 0.977. The molecule has 0 unspecified atom stereocenters. The summed E-state index contributed by atoms with van der Waals surface area (Å²) >= 11 is 0. The van der Waals surface area contributed by atoms with Crippen LogP contribution in [0.5, 0.6) is 5.75 Å². The monoisotopic (exact) mass is 295 g/mol. The molecule has 0 aromatic heterocycles. The van der Waals surface area contributed by atoms with Crippen LogP contribution in [0.3, 0.4) is 0 Å². The average Bonchev–Trinajstić information content (AvgIpc) is 2.76. The van der Waals surface area contributed by atoms with Gasteiger partial charge in [0, 0.05) is 13.0 Å². The van der Waals surface area contributed by atoms with E-state index in [1.165, 1.54) is 11.1 Å². The normalized spacial score (nSPS) is 14.0. The summed E-state index contributed by atoms with van der Waals surface area (Å²) in [6.45, 7) is 3.48. The second kappa shape index (κ2) is 6.65. The Hall–Kier alpha value is -2.29. The second-order valence-electron chi connectivity index (χ2n) is 5.64. The van der Waals surface area contributed by atoms with Crippen molar-refractivity contribution in [2.24, 2.45) is 0 Å². The van der Waals surface area contributed by atoms with Crippen molar-refractivity contribution < 1.29 is 9.53 Å². The van der Waals surface area contributed by atoms with E-state index in [9.17, 15) is 4.79 Å². The lowest BCUT2D eigenvalue weighted by atomic mass is 10.0. The van der Waals surface area contributed by atoms with E-state index in [0.717, 1.165) is 30.8 Å². The minimum absolute atomic E-state index is 0.168. The Balaban J connectivity index is 1.73. The highest BCUT2D eigenvalue weighted by Crippen LogP contribution is 2.31. The van der Waals surface area contributed by atoms with Crippen LogP contribution in [0.15, 0.2) is 48.5 Å². The number of para-hydroxylation sites is 2. The molecule has 22 heavy (non-hydrogen) atoms. The molecule has 1 aliphatic heterocycles. The van der Waals surface area contributed by atoms with Gasteiger partial charge in [0.2, 0.25) is 5.91 Å². The van der Waals surface area contributed by atoms with Gasteiger partial charge < -0.3 is 9.64 Å². The Morgan fingerprint density at radius 2 is 1.91 bits per heavy atom. The fourth-order valence-corrected chi connectivity index (χ4v) is 2.85. The zero-order valence-corrected chi connectivity index (χ0v) is 12.9. The van der Waals surface area contributed by atoms with Gasteiger partial charge in [-0.1, -0.05) is 36.4 Å². The van der Waals surface area contributed by atoms with Gasteiger partial charge in [-0.15, -0.1) is 0 Å². The third kappa shape index (κ3) is 3.14. The lowest BCUT2D eigenvalue weighted by molar-refractivity contribution is -0.118. The van der Waals surface area contributed by atoms with Crippen molar-refractivity contribution in [3.8, 4) is 5.75 Å². The lowest BCUT2D eigenvalue weighted by Crippen LogP contribution is -2.31. The molecule has 0 atom stereocenters. The molecule has 0 fully saturated rings. The van der Waals surface area contributed by atoms with E-state index in [1.54, 1.807) is 0 Å². The maximum atomic E-state index is 12.7. The van der Waals surface area contributed by atoms with Gasteiger partial charge in [0.15, 0.2) is 0 Å². The van der Waals surface area contributed by atoms with Crippen molar-refractivity contribution in [2.45, 2.75) is 26.2 Å². The summed E-state index contributed by atoms with van der Waals surface area (Å²) in [7, 11) is 0. The summed E-state index contributed by atoms with van der Waals surface area (Å²) < 4.78 is 5.72. The topological polar surface area (TPSA) is 29.5 Å². The average molecular weight is 295 g/mol. The molecule has 3 heteroatoms. The van der Waals surface area contributed by atoms with Crippen molar-refractivity contribution in [1.29, 1.82) is 0 Å². The molecule has 3 rings (SSSR count). The standard InChI is InChI=1S/C19H21NO2/c1-15-7-2-3-8-16(15)11-12-19(21)20-13-6-14-22-18-10-5-4-9-17(18)20/h2-5,7-10H,6,11-14H2,1H3. The van der Waals surface area contributed by atoms with E-state index in [-0.39, 0.29) is 5.91 Å². The minimum atomic E-state index is 0.168. The molecule has 2 aromatic carbocycles. The van der Waals surface area contributed by atoms with Crippen LogP contribution in [0.25, 0.3) is 0 Å². The maximum absolute atomic E-state index is 12.7. The number of benzene rings is 2. The number of rotatable bonds is 3. The Labute approximate surface area is 131 Å². The largest absolute Gasteiger partial charge is 0.491 e. The minimum Gasteiger partial charge on any atom is -0.491 e. The molecule has 1 heterocycles. The zero-order chi connectivity index (χ0) is 15.4. The van der Waals surface area contributed by atoms with Crippen molar-refractivity contribution in [1.82, 2.24) is 0 Å². The Bertz CT molecular complexity index is 666. The molecule has 114 valence electrons. The molecule has 0 aliphatic carbocycles. The van der Waals surface area contributed by atoms with Crippen molar-refractivity contribution >= 4 is 11.6 Å². The van der Waals surface area contributed by atoms with Gasteiger partial charge in [0.25, 0.3) is 0 Å². The highest BCUT2D eigenvalue weighted by Gasteiger charge is 2.21. The number of hydrogen-bond acceptors (Lipinski definition) is 2. The molecule has 1 aliphatic rings. The van der Waals surface area contributed by atoms with Gasteiger partial charge >= 0.3 is 0 Å². The molecular formula is C19H21NO2. The van der Waals surface area contributed by atoms with E-state index in [2.05, 4.69) is 19.1 Å². The van der Waals surface area contributed by atoms with Gasteiger partial charge in [0.05, 0.1) is 12.3 Å². The number of hydrogen-bond donors (Lipinski definition) is 0. The Morgan fingerprint density at radius 1 is 1.14 bits per heavy atom. The van der Waals surface area contributed by atoms with Crippen LogP contribution in [0.1, 0.15) is 24.0 Å². The van der Waals surface area contributed by atoms with Crippen molar-refractivity contribution in [3.63, 3.8) is 0 Å². The fraction of sp³-hybridized carbons (Fsp3) is 0.316. The second-order valence-corrected chi connectivity index (χ2v) is 5.64. The van der Waals surface area contributed by atoms with E-state index >= 15 is 0 Å². The van der Waals surface area contributed by atoms with E-state index < -0.39 is 0 Å². The van der Waals surface area contributed by atoms with Gasteiger partial charge in [-0.3, -0.25) is 4.79 Å². The summed E-state index contributed by atoms with van der Waals surface area (Å²) in [6.07, 6.45) is 2.18. The number of amides is 1. The Kier molecular flexibility index (Phi) is 4.42. The number of fused-ring (bicyclic) bond motifs is 1. The molecule has 0 N–H and O–H groups in total. The number of carbonyl (C=O) groups is 1. The number of carbonyl (C=O) groups excluding carboxylic acids is 1. The molecule has 2 aromatic rings. The molecule has 0 radical (unpaired) electrons. The van der Waals surface area contributed by atoms with Crippen LogP contribution in [-0.4, -0.2) is 19.1 Å². The van der Waals surface area contributed by atoms with Gasteiger partial charge in [-0.2, -0.15) is 0 Å². The van der Waals surface area contributed by atoms with Crippen molar-refractivity contribution in [3.05, 3.63) is 59.7 Å². The Morgan fingerprint density at radius 3 is 2.77 bits per heavy atom. The van der Waals surface area contributed by atoms with Gasteiger partial charge in [-0.25, -0.2) is 0 Å². The van der Waals surface area contributed by atoms with Crippen LogP contribution < -0.4 is 9.64 Å². The molecule has 0 spiro atoms. The number of aryl methyl sites for hydroxylation is 2. The number of ether oxygens (including phenoxy) is 1. The third-order valence-electron chi connectivity index (χ3n) is 4.11. The highest BCUT2D eigenvalue weighted by molar-refractivity contribution is 5.95. The lowest BCUT2D eigenvalue weighted by Gasteiger charge is -2.22. The first-order valence-electron chi connectivity index (χ1n) is 7.82. The molecule has 0 saturated carbocycles. The van der Waals surface area contributed by atoms with Crippen LogP contribution in [-0.2, 0) is 11.2 Å². The number of anilines is 1. The van der Waals surface area contributed by atoms with Crippen LogP contribution in [0.2, 0.25) is 0 Å². The number of nitrogens with zero attached hydrogens (tertiary/aromatic N) is 1. The highest BCUT2D eigenvalue weighted by atomic mass is 16.5. The van der Waals surface area contributed by atoms with E-state index in [0.29, 0.717) is 13.0 Å². The molecule has 0 saturated heterocycles. The van der Waals surface area contributed by atoms with Crippen LogP contribution >= 0.6 is 0 Å². The molecular weight excluding hydrogens is 274 g/mol. The third-order valence-corrected chi connectivity index (χ3v) is 4.11. The van der Waals surface area contributed by atoms with Crippen LogP contribution in [0.4, 0.5) is 5.69 Å². The zero-order valence-electron chi connectivity index (χ0n) is 12.9. The smallest absolute Gasteiger partial charge is 0.227 e. The van der Waals surface area contributed by atoms with Crippen LogP contribution in [0, 0.1) is 6.92 Å². The summed E-state index contributed by atoms with van der Waals surface area (Å²) in [4.78, 5) is 14.5. The first kappa shape index (κ1) is 14.6.